The van der Waals surface area contributed by atoms with Crippen molar-refractivity contribution in [2.75, 3.05) is 4.90 Å². The molecule has 0 unspecified atom stereocenters. The Morgan fingerprint density at radius 3 is 2.09 bits per heavy atom. The largest absolute Gasteiger partial charge is 0.347 e. The third-order valence-electron chi connectivity index (χ3n) is 5.48. The van der Waals surface area contributed by atoms with Crippen molar-refractivity contribution in [1.82, 2.24) is 19.7 Å². The number of hydrogen-bond donors (Lipinski definition) is 0. The zero-order chi connectivity index (χ0) is 22.6. The van der Waals surface area contributed by atoms with Crippen molar-refractivity contribution in [3.63, 3.8) is 0 Å². The highest BCUT2D eigenvalue weighted by Crippen LogP contribution is 2.28. The van der Waals surface area contributed by atoms with Gasteiger partial charge in [0.15, 0.2) is 5.65 Å². The molecule has 0 aliphatic rings. The lowest BCUT2D eigenvalue weighted by atomic mass is 10.1. The molecule has 0 fully saturated rings. The number of anilines is 1. The molecule has 2 heterocycles. The molecule has 0 bridgehead atoms. The lowest BCUT2D eigenvalue weighted by Gasteiger charge is -2.24. The van der Waals surface area contributed by atoms with Crippen molar-refractivity contribution in [1.29, 1.82) is 0 Å². The Labute approximate surface area is 202 Å². The van der Waals surface area contributed by atoms with E-state index in [0.29, 0.717) is 16.6 Å². The molecule has 0 saturated heterocycles. The second-order valence-corrected chi connectivity index (χ2v) is 8.64. The van der Waals surface area contributed by atoms with E-state index < -0.39 is 0 Å². The molecule has 7 heteroatoms. The number of hydrogen-bond acceptors (Lipinski definition) is 4. The Balaban J connectivity index is 1.52. The summed E-state index contributed by atoms with van der Waals surface area (Å²) in [5.41, 5.74) is 4.11. The summed E-state index contributed by atoms with van der Waals surface area (Å²) in [6.07, 6.45) is 3.43. The lowest BCUT2D eigenvalue weighted by molar-refractivity contribution is 0.703. The average molecular weight is 474 g/mol. The highest BCUT2D eigenvalue weighted by atomic mass is 35.5. The van der Waals surface area contributed by atoms with Gasteiger partial charge >= 0.3 is 0 Å². The topological polar surface area (TPSA) is 46.8 Å². The molecular formula is C26H21Cl2N5. The van der Waals surface area contributed by atoms with Gasteiger partial charge in [-0.05, 0) is 28.8 Å². The predicted molar refractivity (Wildman–Crippen MR) is 134 cm³/mol. The van der Waals surface area contributed by atoms with Crippen LogP contribution < -0.4 is 4.90 Å². The summed E-state index contributed by atoms with van der Waals surface area (Å²) in [6, 6.07) is 26.3. The molecule has 2 aromatic heterocycles. The van der Waals surface area contributed by atoms with Crippen molar-refractivity contribution >= 4 is 40.1 Å². The Hall–Kier alpha value is -3.41. The normalized spacial score (nSPS) is 11.1. The zero-order valence-electron chi connectivity index (χ0n) is 17.8. The molecule has 5 nitrogen and oxygen atoms in total. The second kappa shape index (κ2) is 9.61. The third-order valence-corrected chi connectivity index (χ3v) is 6.07. The van der Waals surface area contributed by atoms with Crippen LogP contribution in [0.3, 0.4) is 0 Å². The molecule has 0 saturated carbocycles. The minimum atomic E-state index is 0.493. The number of rotatable bonds is 7. The summed E-state index contributed by atoms with van der Waals surface area (Å²) in [5.74, 6) is 0.848. The first-order valence-corrected chi connectivity index (χ1v) is 11.4. The van der Waals surface area contributed by atoms with E-state index in [0.717, 1.165) is 35.5 Å². The summed E-state index contributed by atoms with van der Waals surface area (Å²) < 4.78 is 1.85. The molecule has 0 aliphatic carbocycles. The minimum Gasteiger partial charge on any atom is -0.347 e. The van der Waals surface area contributed by atoms with E-state index in [1.807, 2.05) is 35.1 Å². The van der Waals surface area contributed by atoms with Crippen LogP contribution in [-0.4, -0.2) is 19.7 Å². The fourth-order valence-corrected chi connectivity index (χ4v) is 4.34. The second-order valence-electron chi connectivity index (χ2n) is 7.80. The van der Waals surface area contributed by atoms with Crippen molar-refractivity contribution < 1.29 is 0 Å². The monoisotopic (exact) mass is 473 g/mol. The Morgan fingerprint density at radius 2 is 1.45 bits per heavy atom. The molecule has 0 radical (unpaired) electrons. The van der Waals surface area contributed by atoms with Gasteiger partial charge in [-0.3, -0.25) is 0 Å². The van der Waals surface area contributed by atoms with Gasteiger partial charge in [0.2, 0.25) is 0 Å². The van der Waals surface area contributed by atoms with Gasteiger partial charge < -0.3 is 4.90 Å². The molecular weight excluding hydrogens is 453 g/mol. The van der Waals surface area contributed by atoms with Crippen LogP contribution in [0.2, 0.25) is 10.0 Å². The van der Waals surface area contributed by atoms with Crippen LogP contribution in [0.1, 0.15) is 16.7 Å². The Kier molecular flexibility index (Phi) is 6.24. The first-order valence-electron chi connectivity index (χ1n) is 10.6. The molecule has 0 amide bonds. The van der Waals surface area contributed by atoms with Crippen molar-refractivity contribution in [3.05, 3.63) is 118 Å². The third kappa shape index (κ3) is 4.85. The van der Waals surface area contributed by atoms with E-state index >= 15 is 0 Å². The van der Waals surface area contributed by atoms with Crippen molar-refractivity contribution in [2.24, 2.45) is 0 Å². The molecule has 0 aliphatic heterocycles. The van der Waals surface area contributed by atoms with Crippen molar-refractivity contribution in [3.8, 4) is 0 Å². The van der Waals surface area contributed by atoms with Gasteiger partial charge in [0.25, 0.3) is 0 Å². The number of benzene rings is 3. The van der Waals surface area contributed by atoms with Gasteiger partial charge in [0.05, 0.1) is 18.1 Å². The lowest BCUT2D eigenvalue weighted by Crippen LogP contribution is -2.23. The first kappa shape index (κ1) is 21.4. The van der Waals surface area contributed by atoms with Crippen LogP contribution in [0.5, 0.6) is 0 Å². The summed E-state index contributed by atoms with van der Waals surface area (Å²) in [4.78, 5) is 11.5. The van der Waals surface area contributed by atoms with Gasteiger partial charge in [-0.2, -0.15) is 5.10 Å². The SMILES string of the molecule is Clc1ccc(Cn2ncc3c(N(Cc4ccccc4)Cc4ccccc4)ncnc32)c(Cl)c1. The van der Waals surface area contributed by atoms with E-state index in [-0.39, 0.29) is 0 Å². The van der Waals surface area contributed by atoms with Gasteiger partial charge in [0.1, 0.15) is 12.1 Å². The number of halogens is 2. The number of nitrogens with zero attached hydrogens (tertiary/aromatic N) is 5. The summed E-state index contributed by atoms with van der Waals surface area (Å²) in [6.45, 7) is 1.93. The van der Waals surface area contributed by atoms with Crippen LogP contribution in [0, 0.1) is 0 Å². The van der Waals surface area contributed by atoms with Gasteiger partial charge in [-0.1, -0.05) is 89.9 Å². The maximum Gasteiger partial charge on any atom is 0.163 e. The van der Waals surface area contributed by atoms with Gasteiger partial charge in [-0.25, -0.2) is 14.6 Å². The predicted octanol–water partition coefficient (Wildman–Crippen LogP) is 6.39. The fraction of sp³-hybridized carbons (Fsp3) is 0.115. The number of aromatic nitrogens is 4. The summed E-state index contributed by atoms with van der Waals surface area (Å²) >= 11 is 12.4. The van der Waals surface area contributed by atoms with Gasteiger partial charge in [0, 0.05) is 23.1 Å². The quantitative estimate of drug-likeness (QED) is 0.274. The Bertz CT molecular complexity index is 1330. The molecule has 0 spiro atoms. The van der Waals surface area contributed by atoms with E-state index in [2.05, 4.69) is 68.5 Å². The first-order chi connectivity index (χ1) is 16.2. The van der Waals surface area contributed by atoms with Crippen molar-refractivity contribution in [2.45, 2.75) is 19.6 Å². The number of fused-ring (bicyclic) bond motifs is 1. The molecule has 5 rings (SSSR count). The smallest absolute Gasteiger partial charge is 0.163 e. The molecule has 3 aromatic carbocycles. The average Bonchev–Trinajstić information content (AvgIpc) is 3.25. The van der Waals surface area contributed by atoms with Crippen LogP contribution in [0.4, 0.5) is 5.82 Å². The maximum atomic E-state index is 6.39. The molecule has 0 N–H and O–H groups in total. The van der Waals surface area contributed by atoms with E-state index in [1.165, 1.54) is 11.1 Å². The fourth-order valence-electron chi connectivity index (χ4n) is 3.87. The Morgan fingerprint density at radius 1 is 0.788 bits per heavy atom. The molecule has 33 heavy (non-hydrogen) atoms. The highest BCUT2D eigenvalue weighted by Gasteiger charge is 2.17. The standard InChI is InChI=1S/C26H21Cl2N5/c27-22-12-11-21(24(28)13-22)17-33-26-23(14-31-33)25(29-18-30-26)32(15-19-7-3-1-4-8-19)16-20-9-5-2-6-10-20/h1-14,18H,15-17H2. The van der Waals surface area contributed by atoms with Crippen LogP contribution in [0.15, 0.2) is 91.4 Å². The minimum absolute atomic E-state index is 0.493. The summed E-state index contributed by atoms with van der Waals surface area (Å²) in [5, 5.41) is 6.72. The molecule has 0 atom stereocenters. The van der Waals surface area contributed by atoms with Crippen LogP contribution >= 0.6 is 23.2 Å². The maximum absolute atomic E-state index is 6.39. The van der Waals surface area contributed by atoms with E-state index in [4.69, 9.17) is 23.2 Å². The highest BCUT2D eigenvalue weighted by molar-refractivity contribution is 6.35. The van der Waals surface area contributed by atoms with Crippen LogP contribution in [-0.2, 0) is 19.6 Å². The van der Waals surface area contributed by atoms with Gasteiger partial charge in [-0.15, -0.1) is 0 Å². The molecule has 5 aromatic rings. The van der Waals surface area contributed by atoms with Crippen LogP contribution in [0.25, 0.3) is 11.0 Å². The van der Waals surface area contributed by atoms with E-state index in [9.17, 15) is 0 Å². The zero-order valence-corrected chi connectivity index (χ0v) is 19.3. The summed E-state index contributed by atoms with van der Waals surface area (Å²) in [7, 11) is 0. The van der Waals surface area contributed by atoms with E-state index in [1.54, 1.807) is 12.4 Å². The molecule has 164 valence electrons.